The minimum absolute atomic E-state index is 0.508. The highest BCUT2D eigenvalue weighted by molar-refractivity contribution is 9.10. The predicted molar refractivity (Wildman–Crippen MR) is 83.5 cm³/mol. The Morgan fingerprint density at radius 2 is 2.10 bits per heavy atom. The van der Waals surface area contributed by atoms with Crippen molar-refractivity contribution in [1.29, 1.82) is 0 Å². The van der Waals surface area contributed by atoms with Crippen LogP contribution < -0.4 is 4.74 Å². The molecule has 0 saturated carbocycles. The van der Waals surface area contributed by atoms with Crippen LogP contribution in [-0.2, 0) is 12.8 Å². The maximum absolute atomic E-state index is 10.6. The van der Waals surface area contributed by atoms with Crippen LogP contribution in [0.5, 0.6) is 5.75 Å². The molecule has 2 aromatic rings. The van der Waals surface area contributed by atoms with E-state index in [1.165, 1.54) is 5.56 Å². The summed E-state index contributed by atoms with van der Waals surface area (Å²) in [6.07, 6.45) is 0.822. The number of ether oxygens (including phenoxy) is 1. The van der Waals surface area contributed by atoms with Gasteiger partial charge in [-0.15, -0.1) is 0 Å². The van der Waals surface area contributed by atoms with Gasteiger partial charge in [-0.25, -0.2) is 0 Å². The molecule has 0 radical (unpaired) electrons. The van der Waals surface area contributed by atoms with Gasteiger partial charge in [0.15, 0.2) is 0 Å². The Kier molecular flexibility index (Phi) is 3.95. The smallest absolute Gasteiger partial charge is 0.125 e. The summed E-state index contributed by atoms with van der Waals surface area (Å²) < 4.78 is 6.74. The Morgan fingerprint density at radius 1 is 1.29 bits per heavy atom. The lowest BCUT2D eigenvalue weighted by atomic mass is 9.98. The molecule has 0 amide bonds. The molecule has 0 saturated heterocycles. The molecule has 2 heterocycles. The molecule has 1 aliphatic rings. The lowest BCUT2D eigenvalue weighted by Crippen LogP contribution is -2.08. The first-order valence-electron chi connectivity index (χ1n) is 6.97. The first kappa shape index (κ1) is 14.5. The molecule has 0 bridgehead atoms. The Balaban J connectivity index is 1.92. The summed E-state index contributed by atoms with van der Waals surface area (Å²) in [7, 11) is 0. The van der Waals surface area contributed by atoms with E-state index in [1.54, 1.807) is 0 Å². The summed E-state index contributed by atoms with van der Waals surface area (Å²) in [5.41, 5.74) is 4.63. The van der Waals surface area contributed by atoms with Gasteiger partial charge < -0.3 is 9.84 Å². The standard InChI is InChI=1S/C16H17BrN2O2/c1-9-5-14(10(2)19-18-9)15(20)8-12-7-13(17)6-11-3-4-21-16(11)12/h5-7,15,20H,3-4,8H2,1-2H3. The van der Waals surface area contributed by atoms with Gasteiger partial charge in [0.05, 0.1) is 24.1 Å². The zero-order valence-electron chi connectivity index (χ0n) is 12.1. The molecule has 110 valence electrons. The number of aryl methyl sites for hydroxylation is 2. The van der Waals surface area contributed by atoms with Crippen molar-refractivity contribution in [2.24, 2.45) is 0 Å². The third-order valence-corrected chi connectivity index (χ3v) is 4.20. The van der Waals surface area contributed by atoms with Gasteiger partial charge in [-0.3, -0.25) is 0 Å². The fourth-order valence-electron chi connectivity index (χ4n) is 2.72. The average molecular weight is 349 g/mol. The van der Waals surface area contributed by atoms with Crippen LogP contribution >= 0.6 is 15.9 Å². The number of nitrogens with zero attached hydrogens (tertiary/aromatic N) is 2. The quantitative estimate of drug-likeness (QED) is 0.925. The molecule has 21 heavy (non-hydrogen) atoms. The second-order valence-electron chi connectivity index (χ2n) is 5.40. The predicted octanol–water partition coefficient (Wildman–Crippen LogP) is 3.07. The van der Waals surface area contributed by atoms with Gasteiger partial charge in [-0.2, -0.15) is 10.2 Å². The zero-order chi connectivity index (χ0) is 15.0. The molecule has 4 nitrogen and oxygen atoms in total. The molecule has 1 N–H and O–H groups in total. The third-order valence-electron chi connectivity index (χ3n) is 3.74. The highest BCUT2D eigenvalue weighted by Gasteiger charge is 2.21. The molecular formula is C16H17BrN2O2. The van der Waals surface area contributed by atoms with Gasteiger partial charge in [-0.05, 0) is 43.2 Å². The lowest BCUT2D eigenvalue weighted by Gasteiger charge is -2.15. The summed E-state index contributed by atoms with van der Waals surface area (Å²) in [5.74, 6) is 0.925. The lowest BCUT2D eigenvalue weighted by molar-refractivity contribution is 0.175. The Morgan fingerprint density at radius 3 is 2.90 bits per heavy atom. The van der Waals surface area contributed by atoms with Crippen molar-refractivity contribution in [2.75, 3.05) is 6.61 Å². The van der Waals surface area contributed by atoms with Crippen LogP contribution in [0.1, 0.15) is 34.2 Å². The van der Waals surface area contributed by atoms with E-state index in [0.717, 1.165) is 39.2 Å². The van der Waals surface area contributed by atoms with Crippen molar-refractivity contribution in [1.82, 2.24) is 10.2 Å². The molecule has 1 aliphatic heterocycles. The number of hydrogen-bond donors (Lipinski definition) is 1. The van der Waals surface area contributed by atoms with Crippen LogP contribution in [0.15, 0.2) is 22.7 Å². The first-order chi connectivity index (χ1) is 10.0. The molecule has 0 fully saturated rings. The van der Waals surface area contributed by atoms with Crippen molar-refractivity contribution in [3.8, 4) is 5.75 Å². The molecule has 0 spiro atoms. The highest BCUT2D eigenvalue weighted by atomic mass is 79.9. The summed E-state index contributed by atoms with van der Waals surface area (Å²) in [6, 6.07) is 6.00. The summed E-state index contributed by atoms with van der Waals surface area (Å²) in [6.45, 7) is 4.46. The highest BCUT2D eigenvalue weighted by Crippen LogP contribution is 2.35. The molecular weight excluding hydrogens is 332 g/mol. The second kappa shape index (κ2) is 5.73. The van der Waals surface area contributed by atoms with Crippen LogP contribution in [0.25, 0.3) is 0 Å². The van der Waals surface area contributed by atoms with E-state index in [0.29, 0.717) is 13.0 Å². The van der Waals surface area contributed by atoms with Crippen LogP contribution in [0.3, 0.4) is 0 Å². The topological polar surface area (TPSA) is 55.2 Å². The maximum atomic E-state index is 10.6. The fourth-order valence-corrected chi connectivity index (χ4v) is 3.28. The zero-order valence-corrected chi connectivity index (χ0v) is 13.6. The van der Waals surface area contributed by atoms with Crippen molar-refractivity contribution in [3.63, 3.8) is 0 Å². The van der Waals surface area contributed by atoms with Gasteiger partial charge in [0, 0.05) is 22.9 Å². The number of halogens is 1. The van der Waals surface area contributed by atoms with Gasteiger partial charge in [0.2, 0.25) is 0 Å². The monoisotopic (exact) mass is 348 g/mol. The van der Waals surface area contributed by atoms with Gasteiger partial charge >= 0.3 is 0 Å². The van der Waals surface area contributed by atoms with Gasteiger partial charge in [0.25, 0.3) is 0 Å². The number of hydrogen-bond acceptors (Lipinski definition) is 4. The number of aliphatic hydroxyl groups excluding tert-OH is 1. The largest absolute Gasteiger partial charge is 0.493 e. The molecule has 1 aromatic heterocycles. The van der Waals surface area contributed by atoms with Crippen LogP contribution in [-0.4, -0.2) is 21.9 Å². The number of aromatic nitrogens is 2. The summed E-state index contributed by atoms with van der Waals surface area (Å²) >= 11 is 3.53. The van der Waals surface area contributed by atoms with Crippen molar-refractivity contribution < 1.29 is 9.84 Å². The van der Waals surface area contributed by atoms with E-state index in [4.69, 9.17) is 4.74 Å². The van der Waals surface area contributed by atoms with Crippen LogP contribution in [0.2, 0.25) is 0 Å². The van der Waals surface area contributed by atoms with Gasteiger partial charge in [-0.1, -0.05) is 15.9 Å². The SMILES string of the molecule is Cc1cc(C(O)Cc2cc(Br)cc3c2OCC3)c(C)nn1. The van der Waals surface area contributed by atoms with Crippen molar-refractivity contribution >= 4 is 15.9 Å². The molecule has 1 atom stereocenters. The Bertz CT molecular complexity index is 688. The Labute approximate surface area is 132 Å². The summed E-state index contributed by atoms with van der Waals surface area (Å²) in [5, 5.41) is 18.7. The van der Waals surface area contributed by atoms with Crippen LogP contribution in [0, 0.1) is 13.8 Å². The Hall–Kier alpha value is -1.46. The minimum Gasteiger partial charge on any atom is -0.493 e. The van der Waals surface area contributed by atoms with E-state index < -0.39 is 6.10 Å². The first-order valence-corrected chi connectivity index (χ1v) is 7.77. The summed E-state index contributed by atoms with van der Waals surface area (Å²) in [4.78, 5) is 0. The molecule has 1 aromatic carbocycles. The van der Waals surface area contributed by atoms with Crippen molar-refractivity contribution in [2.45, 2.75) is 32.8 Å². The maximum Gasteiger partial charge on any atom is 0.125 e. The van der Waals surface area contributed by atoms with E-state index in [2.05, 4.69) is 32.2 Å². The fraction of sp³-hybridized carbons (Fsp3) is 0.375. The van der Waals surface area contributed by atoms with E-state index in [-0.39, 0.29) is 0 Å². The van der Waals surface area contributed by atoms with E-state index >= 15 is 0 Å². The number of rotatable bonds is 3. The molecule has 3 rings (SSSR count). The van der Waals surface area contributed by atoms with Gasteiger partial charge in [0.1, 0.15) is 5.75 Å². The van der Waals surface area contributed by atoms with E-state index in [9.17, 15) is 5.11 Å². The average Bonchev–Trinajstić information content (AvgIpc) is 2.89. The number of aliphatic hydroxyl groups is 1. The number of fused-ring (bicyclic) bond motifs is 1. The van der Waals surface area contributed by atoms with Crippen LogP contribution in [0.4, 0.5) is 0 Å². The number of benzene rings is 1. The third kappa shape index (κ3) is 2.94. The minimum atomic E-state index is -0.609. The van der Waals surface area contributed by atoms with Crippen molar-refractivity contribution in [3.05, 3.63) is 50.8 Å². The molecule has 0 aliphatic carbocycles. The normalized spacial score (nSPS) is 14.7. The molecule has 1 unspecified atom stereocenters. The molecule has 5 heteroatoms. The second-order valence-corrected chi connectivity index (χ2v) is 6.31. The van der Waals surface area contributed by atoms with E-state index in [1.807, 2.05) is 26.0 Å².